The van der Waals surface area contributed by atoms with Crippen molar-refractivity contribution in [2.45, 2.75) is 19.3 Å². The van der Waals surface area contributed by atoms with E-state index in [2.05, 4.69) is 6.07 Å². The molecule has 2 rings (SSSR count). The average Bonchev–Trinajstić information content (AvgIpc) is 2.91. The van der Waals surface area contributed by atoms with Crippen LogP contribution in [0.3, 0.4) is 0 Å². The van der Waals surface area contributed by atoms with Crippen LogP contribution in [-0.4, -0.2) is 0 Å². The monoisotopic (exact) mass is 209 g/mol. The summed E-state index contributed by atoms with van der Waals surface area (Å²) in [7, 11) is 0. The first kappa shape index (κ1) is 9.48. The Balaban J connectivity index is 2.22. The second-order valence-corrected chi connectivity index (χ2v) is 4.24. The Morgan fingerprint density at radius 2 is 2.21 bits per heavy atom. The maximum atomic E-state index is 13.4. The van der Waals surface area contributed by atoms with Crippen LogP contribution in [0.2, 0.25) is 5.02 Å². The zero-order valence-electron chi connectivity index (χ0n) is 7.56. The molecule has 1 nitrogen and oxygen atoms in total. The van der Waals surface area contributed by atoms with E-state index in [1.165, 1.54) is 6.07 Å². The van der Waals surface area contributed by atoms with Gasteiger partial charge in [0.05, 0.1) is 11.5 Å². The molecule has 14 heavy (non-hydrogen) atoms. The van der Waals surface area contributed by atoms with E-state index in [0.717, 1.165) is 12.8 Å². The third kappa shape index (κ3) is 1.73. The Morgan fingerprint density at radius 1 is 1.50 bits per heavy atom. The Bertz CT molecular complexity index is 404. The molecule has 0 N–H and O–H groups in total. The second-order valence-electron chi connectivity index (χ2n) is 3.80. The van der Waals surface area contributed by atoms with E-state index in [-0.39, 0.29) is 11.2 Å². The van der Waals surface area contributed by atoms with Gasteiger partial charge in [-0.1, -0.05) is 17.7 Å². The fraction of sp³-hybridized carbons (Fsp3) is 0.364. The molecule has 1 fully saturated rings. The summed E-state index contributed by atoms with van der Waals surface area (Å²) in [6.07, 6.45) is 2.27. The molecule has 0 bridgehead atoms. The number of rotatable bonds is 2. The SMILES string of the molecule is N#CC1(Cc2ccc(Cl)cc2F)CC1. The summed E-state index contributed by atoms with van der Waals surface area (Å²) in [5, 5.41) is 9.26. The van der Waals surface area contributed by atoms with E-state index >= 15 is 0 Å². The molecule has 0 aromatic heterocycles. The van der Waals surface area contributed by atoms with Crippen LogP contribution in [-0.2, 0) is 6.42 Å². The lowest BCUT2D eigenvalue weighted by Gasteiger charge is -2.06. The van der Waals surface area contributed by atoms with Gasteiger partial charge in [0.1, 0.15) is 5.82 Å². The molecule has 1 aromatic carbocycles. The quantitative estimate of drug-likeness (QED) is 0.733. The van der Waals surface area contributed by atoms with Crippen LogP contribution in [0.15, 0.2) is 18.2 Å². The highest BCUT2D eigenvalue weighted by Gasteiger charge is 2.43. The summed E-state index contributed by atoms with van der Waals surface area (Å²) in [4.78, 5) is 0. The molecule has 0 saturated heterocycles. The summed E-state index contributed by atoms with van der Waals surface area (Å²) in [5.74, 6) is -0.306. The third-order valence-corrected chi connectivity index (χ3v) is 2.87. The predicted molar refractivity (Wildman–Crippen MR) is 52.4 cm³/mol. The van der Waals surface area contributed by atoms with Crippen LogP contribution in [0.5, 0.6) is 0 Å². The highest BCUT2D eigenvalue weighted by molar-refractivity contribution is 6.30. The number of nitriles is 1. The number of nitrogens with zero attached hydrogens (tertiary/aromatic N) is 1. The molecule has 0 spiro atoms. The van der Waals surface area contributed by atoms with E-state index in [4.69, 9.17) is 16.9 Å². The van der Waals surface area contributed by atoms with E-state index in [1.807, 2.05) is 0 Å². The van der Waals surface area contributed by atoms with E-state index in [9.17, 15) is 4.39 Å². The van der Waals surface area contributed by atoms with Gasteiger partial charge in [-0.05, 0) is 37.0 Å². The standard InChI is InChI=1S/C11H9ClFN/c12-9-2-1-8(10(13)5-9)6-11(7-14)3-4-11/h1-2,5H,3-4,6H2. The molecule has 1 aromatic rings. The van der Waals surface area contributed by atoms with Gasteiger partial charge in [-0.3, -0.25) is 0 Å². The minimum Gasteiger partial charge on any atom is -0.207 e. The van der Waals surface area contributed by atoms with Gasteiger partial charge in [0.15, 0.2) is 0 Å². The molecule has 1 aliphatic rings. The minimum atomic E-state index is -0.306. The van der Waals surface area contributed by atoms with Crippen molar-refractivity contribution in [3.63, 3.8) is 0 Å². The number of halogens is 2. The van der Waals surface area contributed by atoms with Crippen molar-refractivity contribution in [1.82, 2.24) is 0 Å². The summed E-state index contributed by atoms with van der Waals surface area (Å²) < 4.78 is 13.4. The number of hydrogen-bond donors (Lipinski definition) is 0. The van der Waals surface area contributed by atoms with E-state index in [0.29, 0.717) is 17.0 Å². The first-order chi connectivity index (χ1) is 6.65. The zero-order chi connectivity index (χ0) is 10.2. The van der Waals surface area contributed by atoms with Crippen molar-refractivity contribution in [1.29, 1.82) is 5.26 Å². The summed E-state index contributed by atoms with van der Waals surface area (Å²) in [6, 6.07) is 6.86. The van der Waals surface area contributed by atoms with E-state index in [1.54, 1.807) is 12.1 Å². The smallest absolute Gasteiger partial charge is 0.127 e. The van der Waals surface area contributed by atoms with Gasteiger partial charge in [0.25, 0.3) is 0 Å². The van der Waals surface area contributed by atoms with Gasteiger partial charge >= 0.3 is 0 Å². The number of benzene rings is 1. The largest absolute Gasteiger partial charge is 0.207 e. The molecule has 1 aliphatic carbocycles. The van der Waals surface area contributed by atoms with Crippen LogP contribution in [0.1, 0.15) is 18.4 Å². The van der Waals surface area contributed by atoms with Crippen molar-refractivity contribution >= 4 is 11.6 Å². The average molecular weight is 210 g/mol. The molecule has 0 heterocycles. The maximum absolute atomic E-state index is 13.4. The topological polar surface area (TPSA) is 23.8 Å². The zero-order valence-corrected chi connectivity index (χ0v) is 8.31. The van der Waals surface area contributed by atoms with Gasteiger partial charge in [-0.25, -0.2) is 4.39 Å². The van der Waals surface area contributed by atoms with Crippen molar-refractivity contribution in [3.05, 3.63) is 34.6 Å². The lowest BCUT2D eigenvalue weighted by atomic mass is 9.98. The van der Waals surface area contributed by atoms with Gasteiger partial charge in [0.2, 0.25) is 0 Å². The van der Waals surface area contributed by atoms with Crippen LogP contribution in [0.25, 0.3) is 0 Å². The first-order valence-corrected chi connectivity index (χ1v) is 4.88. The third-order valence-electron chi connectivity index (χ3n) is 2.63. The molecule has 72 valence electrons. The van der Waals surface area contributed by atoms with Crippen LogP contribution < -0.4 is 0 Å². The molecular formula is C11H9ClFN. The van der Waals surface area contributed by atoms with Crippen LogP contribution in [0, 0.1) is 22.6 Å². The van der Waals surface area contributed by atoms with Crippen LogP contribution >= 0.6 is 11.6 Å². The van der Waals surface area contributed by atoms with Gasteiger partial charge in [-0.2, -0.15) is 5.26 Å². The lowest BCUT2D eigenvalue weighted by Crippen LogP contribution is -2.03. The molecule has 3 heteroatoms. The molecule has 0 atom stereocenters. The highest BCUT2D eigenvalue weighted by Crippen LogP contribution is 2.47. The van der Waals surface area contributed by atoms with Gasteiger partial charge in [0, 0.05) is 5.02 Å². The van der Waals surface area contributed by atoms with Crippen molar-refractivity contribution in [3.8, 4) is 6.07 Å². The van der Waals surface area contributed by atoms with Crippen LogP contribution in [0.4, 0.5) is 4.39 Å². The maximum Gasteiger partial charge on any atom is 0.127 e. The summed E-state index contributed by atoms with van der Waals surface area (Å²) in [6.45, 7) is 0. The van der Waals surface area contributed by atoms with Crippen molar-refractivity contribution < 1.29 is 4.39 Å². The molecule has 0 amide bonds. The van der Waals surface area contributed by atoms with Crippen molar-refractivity contribution in [2.24, 2.45) is 5.41 Å². The Kier molecular flexibility index (Phi) is 2.20. The van der Waals surface area contributed by atoms with Crippen molar-refractivity contribution in [2.75, 3.05) is 0 Å². The normalized spacial score (nSPS) is 17.5. The van der Waals surface area contributed by atoms with Gasteiger partial charge < -0.3 is 0 Å². The second kappa shape index (κ2) is 3.25. The molecule has 0 unspecified atom stereocenters. The lowest BCUT2D eigenvalue weighted by molar-refractivity contribution is 0.578. The first-order valence-electron chi connectivity index (χ1n) is 4.50. The van der Waals surface area contributed by atoms with Gasteiger partial charge in [-0.15, -0.1) is 0 Å². The summed E-state index contributed by atoms with van der Waals surface area (Å²) in [5.41, 5.74) is 0.294. The molecule has 0 radical (unpaired) electrons. The van der Waals surface area contributed by atoms with E-state index < -0.39 is 0 Å². The Hall–Kier alpha value is -1.07. The highest BCUT2D eigenvalue weighted by atomic mass is 35.5. The molecular weight excluding hydrogens is 201 g/mol. The summed E-state index contributed by atoms with van der Waals surface area (Å²) >= 11 is 5.63. The predicted octanol–water partition coefficient (Wildman–Crippen LogP) is 3.33. The Morgan fingerprint density at radius 3 is 2.71 bits per heavy atom. The minimum absolute atomic E-state index is 0.297. The molecule has 0 aliphatic heterocycles. The molecule has 1 saturated carbocycles. The fourth-order valence-corrected chi connectivity index (χ4v) is 1.67. The number of hydrogen-bond acceptors (Lipinski definition) is 1. The fourth-order valence-electron chi connectivity index (χ4n) is 1.51. The Labute approximate surface area is 87.1 Å².